The van der Waals surface area contributed by atoms with Crippen LogP contribution in [0, 0.1) is 6.92 Å². The number of furan rings is 1. The van der Waals surface area contributed by atoms with Crippen molar-refractivity contribution in [2.45, 2.75) is 30.3 Å². The first kappa shape index (κ1) is 12.2. The van der Waals surface area contributed by atoms with Crippen molar-refractivity contribution < 1.29 is 4.42 Å². The Labute approximate surface area is 106 Å². The largest absolute Gasteiger partial charge is 0.468 e. The third-order valence-electron chi connectivity index (χ3n) is 2.40. The average molecular weight is 248 g/mol. The molecular formula is C13H16N2OS. The van der Waals surface area contributed by atoms with Crippen LogP contribution in [0.15, 0.2) is 45.0 Å². The summed E-state index contributed by atoms with van der Waals surface area (Å²) in [7, 11) is 0. The van der Waals surface area contributed by atoms with Gasteiger partial charge < -0.3 is 9.73 Å². The van der Waals surface area contributed by atoms with Crippen molar-refractivity contribution in [1.82, 2.24) is 10.3 Å². The quantitative estimate of drug-likeness (QED) is 0.881. The van der Waals surface area contributed by atoms with Gasteiger partial charge in [0.25, 0.3) is 0 Å². The fraction of sp³-hybridized carbons (Fsp3) is 0.308. The van der Waals surface area contributed by atoms with Crippen LogP contribution >= 0.6 is 11.8 Å². The number of hydrogen-bond donors (Lipinski definition) is 1. The van der Waals surface area contributed by atoms with E-state index in [9.17, 15) is 0 Å². The van der Waals surface area contributed by atoms with E-state index in [0.29, 0.717) is 0 Å². The lowest BCUT2D eigenvalue weighted by atomic mass is 10.3. The highest BCUT2D eigenvalue weighted by Crippen LogP contribution is 2.29. The normalized spacial score (nSPS) is 10.7. The Balaban J connectivity index is 2.01. The van der Waals surface area contributed by atoms with Crippen molar-refractivity contribution in [3.8, 4) is 0 Å². The number of aryl methyl sites for hydroxylation is 1. The van der Waals surface area contributed by atoms with E-state index in [2.05, 4.69) is 23.3 Å². The lowest BCUT2D eigenvalue weighted by Crippen LogP contribution is -2.11. The SMILES string of the molecule is CCNCc1ccc(Sc2ccoc2C)nc1. The van der Waals surface area contributed by atoms with Crippen LogP contribution in [0.25, 0.3) is 0 Å². The van der Waals surface area contributed by atoms with E-state index in [-0.39, 0.29) is 0 Å². The van der Waals surface area contributed by atoms with Crippen LogP contribution in [0.3, 0.4) is 0 Å². The molecule has 0 unspecified atom stereocenters. The highest BCUT2D eigenvalue weighted by Gasteiger charge is 2.04. The topological polar surface area (TPSA) is 38.1 Å². The summed E-state index contributed by atoms with van der Waals surface area (Å²) in [4.78, 5) is 5.55. The van der Waals surface area contributed by atoms with E-state index in [1.807, 2.05) is 25.3 Å². The summed E-state index contributed by atoms with van der Waals surface area (Å²) >= 11 is 1.63. The second-order valence-corrected chi connectivity index (χ2v) is 4.79. The number of nitrogens with zero attached hydrogens (tertiary/aromatic N) is 1. The molecule has 4 heteroatoms. The molecule has 3 nitrogen and oxygen atoms in total. The molecule has 2 aromatic rings. The zero-order valence-corrected chi connectivity index (χ0v) is 10.9. The van der Waals surface area contributed by atoms with Gasteiger partial charge in [0.15, 0.2) is 0 Å². The first-order valence-electron chi connectivity index (χ1n) is 5.67. The lowest BCUT2D eigenvalue weighted by Gasteiger charge is -2.03. The average Bonchev–Trinajstić information content (AvgIpc) is 2.74. The number of hydrogen-bond acceptors (Lipinski definition) is 4. The first-order valence-corrected chi connectivity index (χ1v) is 6.49. The molecule has 0 atom stereocenters. The fourth-order valence-electron chi connectivity index (χ4n) is 1.44. The Bertz CT molecular complexity index is 465. The minimum atomic E-state index is 0.874. The molecule has 0 aliphatic heterocycles. The Kier molecular flexibility index (Phi) is 4.23. The highest BCUT2D eigenvalue weighted by atomic mass is 32.2. The molecule has 2 rings (SSSR count). The van der Waals surface area contributed by atoms with Crippen LogP contribution in [0.4, 0.5) is 0 Å². The van der Waals surface area contributed by atoms with E-state index >= 15 is 0 Å². The van der Waals surface area contributed by atoms with E-state index < -0.39 is 0 Å². The van der Waals surface area contributed by atoms with E-state index in [1.165, 1.54) is 5.56 Å². The Morgan fingerprint density at radius 2 is 2.24 bits per heavy atom. The zero-order valence-electron chi connectivity index (χ0n) is 10.1. The van der Waals surface area contributed by atoms with Gasteiger partial charge in [0.1, 0.15) is 10.8 Å². The Morgan fingerprint density at radius 1 is 1.35 bits per heavy atom. The molecule has 2 heterocycles. The standard InChI is InChI=1S/C13H16N2OS/c1-3-14-8-11-4-5-13(15-9-11)17-12-6-7-16-10(12)2/h4-7,9,14H,3,8H2,1-2H3. The molecule has 0 aliphatic rings. The van der Waals surface area contributed by atoms with Crippen LogP contribution in [-0.2, 0) is 6.54 Å². The van der Waals surface area contributed by atoms with Crippen LogP contribution < -0.4 is 5.32 Å². The molecular weight excluding hydrogens is 232 g/mol. The molecule has 0 spiro atoms. The molecule has 2 aromatic heterocycles. The van der Waals surface area contributed by atoms with Crippen molar-refractivity contribution >= 4 is 11.8 Å². The predicted octanol–water partition coefficient (Wildman–Crippen LogP) is 3.24. The lowest BCUT2D eigenvalue weighted by molar-refractivity contribution is 0.527. The van der Waals surface area contributed by atoms with Crippen molar-refractivity contribution in [1.29, 1.82) is 0 Å². The van der Waals surface area contributed by atoms with Gasteiger partial charge in [0, 0.05) is 12.7 Å². The molecule has 0 saturated carbocycles. The zero-order chi connectivity index (χ0) is 12.1. The van der Waals surface area contributed by atoms with Crippen molar-refractivity contribution in [3.05, 3.63) is 42.0 Å². The number of nitrogens with one attached hydrogen (secondary N) is 1. The molecule has 0 bridgehead atoms. The summed E-state index contributed by atoms with van der Waals surface area (Å²) in [5, 5.41) is 4.27. The van der Waals surface area contributed by atoms with Gasteiger partial charge in [-0.2, -0.15) is 0 Å². The van der Waals surface area contributed by atoms with Crippen molar-refractivity contribution in [3.63, 3.8) is 0 Å². The van der Waals surface area contributed by atoms with Crippen LogP contribution in [0.2, 0.25) is 0 Å². The molecule has 0 fully saturated rings. The molecule has 0 aromatic carbocycles. The maximum Gasteiger partial charge on any atom is 0.114 e. The molecule has 0 radical (unpaired) electrons. The third kappa shape index (κ3) is 3.35. The van der Waals surface area contributed by atoms with Gasteiger partial charge in [-0.3, -0.25) is 0 Å². The molecule has 0 saturated heterocycles. The van der Waals surface area contributed by atoms with Gasteiger partial charge >= 0.3 is 0 Å². The van der Waals surface area contributed by atoms with Gasteiger partial charge in [-0.15, -0.1) is 0 Å². The number of rotatable bonds is 5. The molecule has 0 amide bonds. The second kappa shape index (κ2) is 5.89. The van der Waals surface area contributed by atoms with Crippen molar-refractivity contribution in [2.24, 2.45) is 0 Å². The van der Waals surface area contributed by atoms with E-state index in [1.54, 1.807) is 18.0 Å². The summed E-state index contributed by atoms with van der Waals surface area (Å²) < 4.78 is 5.25. The van der Waals surface area contributed by atoms with Crippen LogP contribution in [0.5, 0.6) is 0 Å². The third-order valence-corrected chi connectivity index (χ3v) is 3.50. The predicted molar refractivity (Wildman–Crippen MR) is 69.2 cm³/mol. The Hall–Kier alpha value is -1.26. The summed E-state index contributed by atoms with van der Waals surface area (Å²) in [5.41, 5.74) is 1.21. The Morgan fingerprint density at radius 3 is 2.82 bits per heavy atom. The smallest absolute Gasteiger partial charge is 0.114 e. The van der Waals surface area contributed by atoms with Gasteiger partial charge in [0.05, 0.1) is 11.2 Å². The molecule has 17 heavy (non-hydrogen) atoms. The van der Waals surface area contributed by atoms with Crippen LogP contribution in [0.1, 0.15) is 18.2 Å². The van der Waals surface area contributed by atoms with Gasteiger partial charge in [-0.1, -0.05) is 24.8 Å². The fourth-order valence-corrected chi connectivity index (χ4v) is 2.22. The molecule has 90 valence electrons. The molecule has 1 N–H and O–H groups in total. The maximum atomic E-state index is 5.25. The first-order chi connectivity index (χ1) is 8.29. The van der Waals surface area contributed by atoms with E-state index in [0.717, 1.165) is 28.8 Å². The minimum absolute atomic E-state index is 0.874. The van der Waals surface area contributed by atoms with Crippen LogP contribution in [-0.4, -0.2) is 11.5 Å². The number of pyridine rings is 1. The molecule has 0 aliphatic carbocycles. The van der Waals surface area contributed by atoms with Crippen molar-refractivity contribution in [2.75, 3.05) is 6.54 Å². The number of aromatic nitrogens is 1. The summed E-state index contributed by atoms with van der Waals surface area (Å²) in [5.74, 6) is 0.938. The summed E-state index contributed by atoms with van der Waals surface area (Å²) in [6.07, 6.45) is 3.62. The summed E-state index contributed by atoms with van der Waals surface area (Å²) in [6.45, 7) is 5.91. The second-order valence-electron chi connectivity index (χ2n) is 3.73. The maximum absolute atomic E-state index is 5.25. The highest BCUT2D eigenvalue weighted by molar-refractivity contribution is 7.99. The van der Waals surface area contributed by atoms with Gasteiger partial charge in [-0.05, 0) is 31.2 Å². The van der Waals surface area contributed by atoms with E-state index in [4.69, 9.17) is 4.42 Å². The minimum Gasteiger partial charge on any atom is -0.468 e. The summed E-state index contributed by atoms with van der Waals surface area (Å²) in [6, 6.07) is 6.12. The monoisotopic (exact) mass is 248 g/mol. The van der Waals surface area contributed by atoms with Gasteiger partial charge in [0.2, 0.25) is 0 Å². The van der Waals surface area contributed by atoms with Gasteiger partial charge in [-0.25, -0.2) is 4.98 Å².